The number of nitrogens with one attached hydrogen (secondary N) is 2. The van der Waals surface area contributed by atoms with E-state index in [0.29, 0.717) is 5.75 Å². The van der Waals surface area contributed by atoms with Gasteiger partial charge >= 0.3 is 0 Å². The summed E-state index contributed by atoms with van der Waals surface area (Å²) < 4.78 is 42.3. The van der Waals surface area contributed by atoms with E-state index >= 15 is 0 Å². The summed E-state index contributed by atoms with van der Waals surface area (Å²) >= 11 is -1.16. The highest BCUT2D eigenvalue weighted by molar-refractivity contribution is 7.90. The van der Waals surface area contributed by atoms with E-state index in [1.165, 1.54) is 0 Å². The zero-order valence-corrected chi connectivity index (χ0v) is 13.8. The Morgan fingerprint density at radius 3 is 2.90 bits per heavy atom. The lowest BCUT2D eigenvalue weighted by Crippen LogP contribution is -2.46. The Kier molecular flexibility index (Phi) is 3.99. The SMILES string of the molecule is [2H]C([2H])([2H])Oc1cccc([C@H]2NCC[C@H]2N[S+]([O-])C(C)(C)C)c1C. The molecule has 1 unspecified atom stereocenters. The number of hydrogen-bond donors (Lipinski definition) is 2. The fourth-order valence-electron chi connectivity index (χ4n) is 2.55. The van der Waals surface area contributed by atoms with E-state index in [-0.39, 0.29) is 16.8 Å². The molecule has 2 rings (SSSR count). The molecule has 4 nitrogen and oxygen atoms in total. The Balaban J connectivity index is 2.22. The van der Waals surface area contributed by atoms with Crippen molar-refractivity contribution in [1.82, 2.24) is 10.0 Å². The van der Waals surface area contributed by atoms with E-state index in [9.17, 15) is 4.55 Å². The molecule has 5 heteroatoms. The third-order valence-corrected chi connectivity index (χ3v) is 5.44. The first-order chi connectivity index (χ1) is 11.0. The van der Waals surface area contributed by atoms with Gasteiger partial charge in [0.05, 0.1) is 23.2 Å². The van der Waals surface area contributed by atoms with Crippen molar-refractivity contribution in [3.05, 3.63) is 29.3 Å². The van der Waals surface area contributed by atoms with E-state index in [2.05, 4.69) is 10.0 Å². The lowest BCUT2D eigenvalue weighted by molar-refractivity contribution is 0.409. The zero-order valence-electron chi connectivity index (χ0n) is 16.0. The van der Waals surface area contributed by atoms with Gasteiger partial charge in [-0.2, -0.15) is 0 Å². The standard InChI is InChI=1S/C16H26N2O2S/c1-11-12(7-6-8-14(11)20-5)15-13(9-10-17-15)18-21(19)16(2,3)4/h6-8,13,15,17-18H,9-10H2,1-5H3/t13-,15-,21?/m1/s1/i5D3. The molecule has 1 aromatic rings. The molecule has 0 aliphatic carbocycles. The van der Waals surface area contributed by atoms with Crippen LogP contribution < -0.4 is 14.8 Å². The highest BCUT2D eigenvalue weighted by Gasteiger charge is 2.36. The minimum absolute atomic E-state index is 0.0202. The van der Waals surface area contributed by atoms with Gasteiger partial charge in [0.15, 0.2) is 0 Å². The van der Waals surface area contributed by atoms with Gasteiger partial charge in [0.25, 0.3) is 0 Å². The second-order valence-corrected chi connectivity index (χ2v) is 8.40. The topological polar surface area (TPSA) is 56.3 Å². The third kappa shape index (κ3) is 3.72. The number of methoxy groups -OCH3 is 1. The van der Waals surface area contributed by atoms with Crippen LogP contribution in [0.15, 0.2) is 18.2 Å². The highest BCUT2D eigenvalue weighted by atomic mass is 32.2. The first kappa shape index (κ1) is 12.8. The molecule has 0 spiro atoms. The van der Waals surface area contributed by atoms with Gasteiger partial charge in [-0.1, -0.05) is 12.1 Å². The Hall–Kier alpha value is -0.750. The molecule has 1 aliphatic rings. The molecule has 3 atom stereocenters. The molecule has 1 aromatic carbocycles. The maximum absolute atomic E-state index is 12.4. The maximum Gasteiger partial charge on any atom is 0.136 e. The van der Waals surface area contributed by atoms with Gasteiger partial charge in [-0.25, -0.2) is 0 Å². The van der Waals surface area contributed by atoms with Crippen LogP contribution in [-0.4, -0.2) is 28.9 Å². The van der Waals surface area contributed by atoms with Crippen LogP contribution in [0.4, 0.5) is 0 Å². The lowest BCUT2D eigenvalue weighted by Gasteiger charge is -2.29. The highest BCUT2D eigenvalue weighted by Crippen LogP contribution is 2.32. The minimum atomic E-state index is -2.47. The first-order valence-electron chi connectivity index (χ1n) is 8.69. The summed E-state index contributed by atoms with van der Waals surface area (Å²) in [4.78, 5) is 0. The molecule has 1 heterocycles. The summed E-state index contributed by atoms with van der Waals surface area (Å²) in [7, 11) is -2.47. The summed E-state index contributed by atoms with van der Waals surface area (Å²) in [5.74, 6) is 0.358. The minimum Gasteiger partial charge on any atom is -0.598 e. The van der Waals surface area contributed by atoms with Crippen molar-refractivity contribution in [2.24, 2.45) is 0 Å². The van der Waals surface area contributed by atoms with E-state index < -0.39 is 18.4 Å². The summed E-state index contributed by atoms with van der Waals surface area (Å²) in [5.41, 5.74) is 1.76. The molecular formula is C16H26N2O2S. The normalized spacial score (nSPS) is 26.8. The average Bonchev–Trinajstić information content (AvgIpc) is 2.86. The van der Waals surface area contributed by atoms with Crippen LogP contribution in [0.2, 0.25) is 0 Å². The summed E-state index contributed by atoms with van der Waals surface area (Å²) in [6.45, 7) is 8.47. The fourth-order valence-corrected chi connectivity index (χ4v) is 3.43. The second kappa shape index (κ2) is 6.57. The molecule has 21 heavy (non-hydrogen) atoms. The Morgan fingerprint density at radius 2 is 2.24 bits per heavy atom. The van der Waals surface area contributed by atoms with Crippen LogP contribution in [-0.2, 0) is 11.4 Å². The number of ether oxygens (including phenoxy) is 1. The van der Waals surface area contributed by atoms with E-state index in [4.69, 9.17) is 8.85 Å². The van der Waals surface area contributed by atoms with Crippen molar-refractivity contribution >= 4 is 11.4 Å². The summed E-state index contributed by atoms with van der Waals surface area (Å²) in [5, 5.41) is 3.42. The predicted octanol–water partition coefficient (Wildman–Crippen LogP) is 2.46. The average molecular weight is 313 g/mol. The van der Waals surface area contributed by atoms with Gasteiger partial charge in [0, 0.05) is 11.4 Å². The molecule has 1 saturated heterocycles. The van der Waals surface area contributed by atoms with Crippen LogP contribution in [0.1, 0.15) is 48.5 Å². The fraction of sp³-hybridized carbons (Fsp3) is 0.625. The number of benzene rings is 1. The van der Waals surface area contributed by atoms with Crippen molar-refractivity contribution < 1.29 is 13.4 Å². The van der Waals surface area contributed by atoms with Crippen LogP contribution in [0.25, 0.3) is 0 Å². The van der Waals surface area contributed by atoms with Gasteiger partial charge in [-0.3, -0.25) is 0 Å². The van der Waals surface area contributed by atoms with E-state index in [1.54, 1.807) is 12.1 Å². The van der Waals surface area contributed by atoms with Crippen LogP contribution in [0.3, 0.4) is 0 Å². The molecule has 0 radical (unpaired) electrons. The van der Waals surface area contributed by atoms with Crippen molar-refractivity contribution in [3.63, 3.8) is 0 Å². The molecule has 0 aromatic heterocycles. The van der Waals surface area contributed by atoms with E-state index in [0.717, 1.165) is 24.1 Å². The predicted molar refractivity (Wildman–Crippen MR) is 87.9 cm³/mol. The lowest BCUT2D eigenvalue weighted by atomic mass is 9.96. The van der Waals surface area contributed by atoms with Gasteiger partial charge in [-0.05, 0) is 57.9 Å². The summed E-state index contributed by atoms with van der Waals surface area (Å²) in [6, 6.07) is 5.40. The maximum atomic E-state index is 12.4. The molecule has 0 amide bonds. The van der Waals surface area contributed by atoms with Crippen LogP contribution in [0.5, 0.6) is 5.75 Å². The largest absolute Gasteiger partial charge is 0.598 e. The Bertz CT molecular complexity index is 575. The van der Waals surface area contributed by atoms with Crippen LogP contribution >= 0.6 is 0 Å². The van der Waals surface area contributed by atoms with Crippen molar-refractivity contribution in [2.75, 3.05) is 13.6 Å². The molecule has 1 aliphatic heterocycles. The molecule has 118 valence electrons. The zero-order chi connectivity index (χ0) is 18.1. The molecular weight excluding hydrogens is 284 g/mol. The van der Waals surface area contributed by atoms with Crippen molar-refractivity contribution in [1.29, 1.82) is 0 Å². The molecule has 1 fully saturated rings. The van der Waals surface area contributed by atoms with Crippen molar-refractivity contribution in [3.8, 4) is 5.75 Å². The van der Waals surface area contributed by atoms with Crippen LogP contribution in [0, 0.1) is 6.92 Å². The Morgan fingerprint density at radius 1 is 1.48 bits per heavy atom. The van der Waals surface area contributed by atoms with Gasteiger partial charge < -0.3 is 14.6 Å². The molecule has 0 bridgehead atoms. The van der Waals surface area contributed by atoms with Gasteiger partial charge in [0.2, 0.25) is 0 Å². The monoisotopic (exact) mass is 313 g/mol. The Labute approximate surface area is 135 Å². The first-order valence-corrected chi connectivity index (χ1v) is 8.34. The van der Waals surface area contributed by atoms with Crippen molar-refractivity contribution in [2.45, 2.75) is 50.9 Å². The quantitative estimate of drug-likeness (QED) is 0.839. The number of rotatable bonds is 4. The third-order valence-electron chi connectivity index (χ3n) is 3.81. The second-order valence-electron chi connectivity index (χ2n) is 6.40. The van der Waals surface area contributed by atoms with Gasteiger partial charge in [0.1, 0.15) is 10.5 Å². The molecule has 0 saturated carbocycles. The molecule has 2 N–H and O–H groups in total. The number of hydrogen-bond acceptors (Lipinski definition) is 4. The summed E-state index contributed by atoms with van der Waals surface area (Å²) in [6.07, 6.45) is 0.857. The van der Waals surface area contributed by atoms with Gasteiger partial charge in [-0.15, -0.1) is 4.72 Å². The smallest absolute Gasteiger partial charge is 0.136 e. The van der Waals surface area contributed by atoms with E-state index in [1.807, 2.05) is 33.8 Å².